The van der Waals surface area contributed by atoms with E-state index >= 15 is 0 Å². The summed E-state index contributed by atoms with van der Waals surface area (Å²) in [6.45, 7) is 2.16. The van der Waals surface area contributed by atoms with Gasteiger partial charge in [-0.15, -0.1) is 0 Å². The van der Waals surface area contributed by atoms with E-state index < -0.39 is 11.3 Å². The SMILES string of the molecule is C[C@H]1CC[C@]2(CC1)CC2(F)F. The second-order valence-electron chi connectivity index (χ2n) is 4.34. The monoisotopic (exact) mass is 160 g/mol. The first-order chi connectivity index (χ1) is 5.06. The molecule has 0 atom stereocenters. The van der Waals surface area contributed by atoms with Gasteiger partial charge in [0.25, 0.3) is 5.92 Å². The molecule has 64 valence electrons. The second-order valence-corrected chi connectivity index (χ2v) is 4.34. The minimum absolute atomic E-state index is 0.173. The van der Waals surface area contributed by atoms with Crippen molar-refractivity contribution in [2.75, 3.05) is 0 Å². The van der Waals surface area contributed by atoms with E-state index in [0.29, 0.717) is 5.92 Å². The van der Waals surface area contributed by atoms with Crippen LogP contribution in [0.3, 0.4) is 0 Å². The Morgan fingerprint density at radius 2 is 1.64 bits per heavy atom. The number of rotatable bonds is 0. The van der Waals surface area contributed by atoms with Gasteiger partial charge >= 0.3 is 0 Å². The van der Waals surface area contributed by atoms with Gasteiger partial charge in [-0.05, 0) is 31.6 Å². The van der Waals surface area contributed by atoms with Gasteiger partial charge in [-0.3, -0.25) is 0 Å². The zero-order valence-electron chi connectivity index (χ0n) is 6.87. The summed E-state index contributed by atoms with van der Waals surface area (Å²) in [5.74, 6) is -1.62. The predicted octanol–water partition coefficient (Wildman–Crippen LogP) is 3.22. The van der Waals surface area contributed by atoms with Gasteiger partial charge in [0.2, 0.25) is 0 Å². The Kier molecular flexibility index (Phi) is 1.34. The van der Waals surface area contributed by atoms with Gasteiger partial charge in [-0.1, -0.05) is 6.92 Å². The van der Waals surface area contributed by atoms with Crippen molar-refractivity contribution >= 4 is 0 Å². The average Bonchev–Trinajstić information content (AvgIpc) is 2.44. The molecule has 0 aromatic heterocycles. The van der Waals surface area contributed by atoms with Crippen LogP contribution in [-0.2, 0) is 0 Å². The van der Waals surface area contributed by atoms with Crippen molar-refractivity contribution in [2.24, 2.45) is 11.3 Å². The third-order valence-electron chi connectivity index (χ3n) is 3.44. The molecule has 0 N–H and O–H groups in total. The molecule has 2 aliphatic carbocycles. The third kappa shape index (κ3) is 0.986. The molecular formula is C9H14F2. The third-order valence-corrected chi connectivity index (χ3v) is 3.44. The lowest BCUT2D eigenvalue weighted by molar-refractivity contribution is 0.0420. The standard InChI is InChI=1S/C9H14F2/c1-7-2-4-8(5-3-7)6-9(8,10)11/h7H,2-6H2,1H3/t7-,8-. The van der Waals surface area contributed by atoms with Gasteiger partial charge in [0.1, 0.15) is 0 Å². The van der Waals surface area contributed by atoms with Crippen LogP contribution in [0.25, 0.3) is 0 Å². The van der Waals surface area contributed by atoms with Crippen LogP contribution in [0.1, 0.15) is 39.0 Å². The lowest BCUT2D eigenvalue weighted by Crippen LogP contribution is -2.18. The molecule has 0 bridgehead atoms. The zero-order chi connectivity index (χ0) is 8.11. The molecule has 1 spiro atoms. The summed E-state index contributed by atoms with van der Waals surface area (Å²) < 4.78 is 25.6. The van der Waals surface area contributed by atoms with Crippen LogP contribution >= 0.6 is 0 Å². The van der Waals surface area contributed by atoms with Crippen molar-refractivity contribution in [3.05, 3.63) is 0 Å². The Labute approximate surface area is 66.0 Å². The summed E-state index contributed by atoms with van der Waals surface area (Å²) in [5, 5.41) is 0. The molecular weight excluding hydrogens is 146 g/mol. The smallest absolute Gasteiger partial charge is 0.206 e. The van der Waals surface area contributed by atoms with Gasteiger partial charge < -0.3 is 0 Å². The minimum atomic E-state index is -2.30. The van der Waals surface area contributed by atoms with E-state index in [9.17, 15) is 8.78 Å². The highest BCUT2D eigenvalue weighted by molar-refractivity contribution is 5.11. The molecule has 0 radical (unpaired) electrons. The van der Waals surface area contributed by atoms with Crippen LogP contribution in [0.2, 0.25) is 0 Å². The van der Waals surface area contributed by atoms with Gasteiger partial charge in [-0.2, -0.15) is 0 Å². The molecule has 0 saturated heterocycles. The van der Waals surface area contributed by atoms with E-state index in [1.54, 1.807) is 0 Å². The van der Waals surface area contributed by atoms with Crippen molar-refractivity contribution in [1.29, 1.82) is 0 Å². The first kappa shape index (κ1) is 7.51. The summed E-state index contributed by atoms with van der Waals surface area (Å²) in [6, 6.07) is 0. The highest BCUT2D eigenvalue weighted by atomic mass is 19.3. The summed E-state index contributed by atoms with van der Waals surface area (Å²) in [7, 11) is 0. The molecule has 2 aliphatic rings. The molecule has 2 heteroatoms. The van der Waals surface area contributed by atoms with Crippen LogP contribution < -0.4 is 0 Å². The van der Waals surface area contributed by atoms with Gasteiger partial charge in [0, 0.05) is 11.8 Å². The molecule has 0 aromatic rings. The molecule has 2 saturated carbocycles. The predicted molar refractivity (Wildman–Crippen MR) is 39.6 cm³/mol. The lowest BCUT2D eigenvalue weighted by Gasteiger charge is -2.25. The fourth-order valence-corrected chi connectivity index (χ4v) is 2.24. The highest BCUT2D eigenvalue weighted by Gasteiger charge is 2.70. The molecule has 11 heavy (non-hydrogen) atoms. The van der Waals surface area contributed by atoms with E-state index in [2.05, 4.69) is 6.92 Å². The molecule has 0 heterocycles. The van der Waals surface area contributed by atoms with E-state index in [-0.39, 0.29) is 6.42 Å². The Balaban J connectivity index is 2.00. The van der Waals surface area contributed by atoms with Gasteiger partial charge in [0.05, 0.1) is 0 Å². The van der Waals surface area contributed by atoms with Gasteiger partial charge in [0.15, 0.2) is 0 Å². The molecule has 0 unspecified atom stereocenters. The quantitative estimate of drug-likeness (QED) is 0.510. The maximum atomic E-state index is 12.8. The van der Waals surface area contributed by atoms with Crippen LogP contribution in [0, 0.1) is 11.3 Å². The number of alkyl halides is 2. The largest absolute Gasteiger partial charge is 0.254 e. The molecule has 0 amide bonds. The van der Waals surface area contributed by atoms with E-state index in [4.69, 9.17) is 0 Å². The van der Waals surface area contributed by atoms with Gasteiger partial charge in [-0.25, -0.2) is 8.78 Å². The molecule has 2 rings (SSSR count). The zero-order valence-corrected chi connectivity index (χ0v) is 6.87. The molecule has 0 aliphatic heterocycles. The first-order valence-corrected chi connectivity index (χ1v) is 4.44. The average molecular weight is 160 g/mol. The topological polar surface area (TPSA) is 0 Å². The fraction of sp³-hybridized carbons (Fsp3) is 1.00. The first-order valence-electron chi connectivity index (χ1n) is 4.44. The maximum Gasteiger partial charge on any atom is 0.254 e. The van der Waals surface area contributed by atoms with Crippen molar-refractivity contribution in [2.45, 2.75) is 45.0 Å². The number of hydrogen-bond donors (Lipinski definition) is 0. The summed E-state index contributed by atoms with van der Waals surface area (Å²) in [4.78, 5) is 0. The number of hydrogen-bond acceptors (Lipinski definition) is 0. The number of halogens is 2. The molecule has 0 aromatic carbocycles. The van der Waals surface area contributed by atoms with E-state index in [1.807, 2.05) is 0 Å². The summed E-state index contributed by atoms with van der Waals surface area (Å²) in [6.07, 6.45) is 3.72. The maximum absolute atomic E-state index is 12.8. The fourth-order valence-electron chi connectivity index (χ4n) is 2.24. The van der Waals surface area contributed by atoms with Crippen molar-refractivity contribution in [3.63, 3.8) is 0 Å². The van der Waals surface area contributed by atoms with Crippen molar-refractivity contribution in [3.8, 4) is 0 Å². The van der Waals surface area contributed by atoms with Crippen molar-refractivity contribution < 1.29 is 8.78 Å². The van der Waals surface area contributed by atoms with Crippen LogP contribution in [0.5, 0.6) is 0 Å². The Morgan fingerprint density at radius 3 is 2.00 bits per heavy atom. The second kappa shape index (κ2) is 1.96. The normalized spacial score (nSPS) is 47.7. The van der Waals surface area contributed by atoms with Crippen LogP contribution in [-0.4, -0.2) is 5.92 Å². The van der Waals surface area contributed by atoms with E-state index in [0.717, 1.165) is 25.7 Å². The summed E-state index contributed by atoms with van der Waals surface area (Å²) in [5.41, 5.74) is -0.528. The highest BCUT2D eigenvalue weighted by Crippen LogP contribution is 2.67. The Hall–Kier alpha value is -0.140. The lowest BCUT2D eigenvalue weighted by atomic mass is 9.80. The Morgan fingerprint density at radius 1 is 1.18 bits per heavy atom. The molecule has 2 fully saturated rings. The van der Waals surface area contributed by atoms with Crippen molar-refractivity contribution in [1.82, 2.24) is 0 Å². The minimum Gasteiger partial charge on any atom is -0.206 e. The van der Waals surface area contributed by atoms with Crippen LogP contribution in [0.4, 0.5) is 8.78 Å². The Bertz CT molecular complexity index is 166. The van der Waals surface area contributed by atoms with E-state index in [1.165, 1.54) is 0 Å². The van der Waals surface area contributed by atoms with Crippen LogP contribution in [0.15, 0.2) is 0 Å². The molecule has 0 nitrogen and oxygen atoms in total. The summed E-state index contributed by atoms with van der Waals surface area (Å²) >= 11 is 0.